The number of ether oxygens (including phenoxy) is 1. The van der Waals surface area contributed by atoms with E-state index in [0.29, 0.717) is 11.8 Å². The minimum Gasteiger partial charge on any atom is -0.469 e. The molecular formula is C20H30O3. The van der Waals surface area contributed by atoms with Gasteiger partial charge in [0.05, 0.1) is 12.5 Å². The summed E-state index contributed by atoms with van der Waals surface area (Å²) in [5.74, 6) is 0.834. The fourth-order valence-electron chi connectivity index (χ4n) is 6.02. The van der Waals surface area contributed by atoms with Gasteiger partial charge in [0.1, 0.15) is 6.29 Å². The SMILES string of the molecule is COC(=O)[C@]1(C)CCC[C@@]2(C)C3=CC[C@](C)(C=O)CC3CC[C@H]12. The fraction of sp³-hybridized carbons (Fsp3) is 0.800. The van der Waals surface area contributed by atoms with Crippen molar-refractivity contribution in [3.05, 3.63) is 11.6 Å². The number of allylic oxidation sites excluding steroid dienone is 2. The van der Waals surface area contributed by atoms with Gasteiger partial charge in [-0.05, 0) is 62.7 Å². The normalized spacial score (nSPS) is 46.2. The van der Waals surface area contributed by atoms with Gasteiger partial charge in [0.2, 0.25) is 0 Å². The van der Waals surface area contributed by atoms with Gasteiger partial charge in [-0.1, -0.05) is 31.9 Å². The number of esters is 1. The van der Waals surface area contributed by atoms with Crippen molar-refractivity contribution in [1.82, 2.24) is 0 Å². The van der Waals surface area contributed by atoms with Gasteiger partial charge in [0.25, 0.3) is 0 Å². The van der Waals surface area contributed by atoms with Gasteiger partial charge in [-0.2, -0.15) is 0 Å². The second-order valence-electron chi connectivity index (χ2n) is 8.85. The maximum absolute atomic E-state index is 12.5. The van der Waals surface area contributed by atoms with Crippen LogP contribution in [0.1, 0.15) is 65.7 Å². The summed E-state index contributed by atoms with van der Waals surface area (Å²) in [5.41, 5.74) is 1.06. The summed E-state index contributed by atoms with van der Waals surface area (Å²) >= 11 is 0. The van der Waals surface area contributed by atoms with Gasteiger partial charge in [-0.15, -0.1) is 0 Å². The molecule has 0 aromatic heterocycles. The smallest absolute Gasteiger partial charge is 0.311 e. The van der Waals surface area contributed by atoms with Gasteiger partial charge in [-0.25, -0.2) is 0 Å². The lowest BCUT2D eigenvalue weighted by atomic mass is 9.46. The molecule has 0 saturated heterocycles. The number of hydrogen-bond acceptors (Lipinski definition) is 3. The quantitative estimate of drug-likeness (QED) is 0.433. The molecule has 0 aliphatic heterocycles. The van der Waals surface area contributed by atoms with Gasteiger partial charge >= 0.3 is 5.97 Å². The first-order valence-corrected chi connectivity index (χ1v) is 9.04. The van der Waals surface area contributed by atoms with E-state index in [0.717, 1.165) is 51.2 Å². The van der Waals surface area contributed by atoms with Crippen LogP contribution in [-0.2, 0) is 14.3 Å². The molecule has 3 nitrogen and oxygen atoms in total. The lowest BCUT2D eigenvalue weighted by Gasteiger charge is -2.58. The molecule has 3 aliphatic carbocycles. The zero-order valence-electron chi connectivity index (χ0n) is 15.0. The van der Waals surface area contributed by atoms with Crippen molar-refractivity contribution in [2.24, 2.45) is 28.1 Å². The van der Waals surface area contributed by atoms with Crippen LogP contribution in [0.25, 0.3) is 0 Å². The molecule has 0 bridgehead atoms. The van der Waals surface area contributed by atoms with Gasteiger partial charge in [0.15, 0.2) is 0 Å². The van der Waals surface area contributed by atoms with E-state index >= 15 is 0 Å². The maximum Gasteiger partial charge on any atom is 0.311 e. The number of hydrogen-bond donors (Lipinski definition) is 0. The molecular weight excluding hydrogens is 288 g/mol. The van der Waals surface area contributed by atoms with Crippen molar-refractivity contribution in [1.29, 1.82) is 0 Å². The molecule has 3 aliphatic rings. The monoisotopic (exact) mass is 318 g/mol. The summed E-state index contributed by atoms with van der Waals surface area (Å²) in [4.78, 5) is 24.0. The van der Waals surface area contributed by atoms with E-state index < -0.39 is 0 Å². The molecule has 128 valence electrons. The third kappa shape index (κ3) is 2.38. The molecule has 3 rings (SSSR count). The van der Waals surface area contributed by atoms with Gasteiger partial charge in [0, 0.05) is 5.41 Å². The van der Waals surface area contributed by atoms with Crippen LogP contribution in [0.4, 0.5) is 0 Å². The molecule has 0 spiro atoms. The molecule has 0 heterocycles. The van der Waals surface area contributed by atoms with Crippen molar-refractivity contribution in [3.8, 4) is 0 Å². The van der Waals surface area contributed by atoms with Crippen LogP contribution in [0.15, 0.2) is 11.6 Å². The number of carbonyl (C=O) groups is 2. The zero-order chi connectivity index (χ0) is 16.9. The van der Waals surface area contributed by atoms with Gasteiger partial charge < -0.3 is 9.53 Å². The van der Waals surface area contributed by atoms with Crippen LogP contribution in [0, 0.1) is 28.1 Å². The second kappa shape index (κ2) is 5.46. The largest absolute Gasteiger partial charge is 0.469 e. The van der Waals surface area contributed by atoms with E-state index in [1.54, 1.807) is 0 Å². The summed E-state index contributed by atoms with van der Waals surface area (Å²) in [6, 6.07) is 0. The summed E-state index contributed by atoms with van der Waals surface area (Å²) < 4.78 is 5.17. The highest BCUT2D eigenvalue weighted by Crippen LogP contribution is 2.63. The lowest BCUT2D eigenvalue weighted by Crippen LogP contribution is -2.53. The Labute approximate surface area is 139 Å². The van der Waals surface area contributed by atoms with E-state index in [9.17, 15) is 9.59 Å². The summed E-state index contributed by atoms with van der Waals surface area (Å²) in [6.07, 6.45) is 10.6. The first-order valence-electron chi connectivity index (χ1n) is 9.04. The lowest BCUT2D eigenvalue weighted by molar-refractivity contribution is -0.164. The second-order valence-corrected chi connectivity index (χ2v) is 8.85. The molecule has 5 atom stereocenters. The van der Waals surface area contributed by atoms with E-state index in [2.05, 4.69) is 26.8 Å². The van der Waals surface area contributed by atoms with E-state index in [-0.39, 0.29) is 22.2 Å². The Morgan fingerprint density at radius 3 is 2.65 bits per heavy atom. The molecule has 3 heteroatoms. The fourth-order valence-corrected chi connectivity index (χ4v) is 6.02. The number of aldehydes is 1. The van der Waals surface area contributed by atoms with Gasteiger partial charge in [-0.3, -0.25) is 4.79 Å². The number of fused-ring (bicyclic) bond motifs is 3. The first kappa shape index (κ1) is 16.7. The minimum absolute atomic E-state index is 0.0407. The van der Waals surface area contributed by atoms with Crippen molar-refractivity contribution in [2.45, 2.75) is 65.7 Å². The summed E-state index contributed by atoms with van der Waals surface area (Å²) in [5, 5.41) is 0. The van der Waals surface area contributed by atoms with E-state index in [1.807, 2.05) is 0 Å². The van der Waals surface area contributed by atoms with Crippen LogP contribution in [-0.4, -0.2) is 19.4 Å². The Hall–Kier alpha value is -1.12. The molecule has 0 radical (unpaired) electrons. The zero-order valence-corrected chi connectivity index (χ0v) is 15.0. The third-order valence-corrected chi connectivity index (χ3v) is 7.27. The highest BCUT2D eigenvalue weighted by Gasteiger charge is 2.58. The molecule has 23 heavy (non-hydrogen) atoms. The van der Waals surface area contributed by atoms with Crippen LogP contribution in [0.2, 0.25) is 0 Å². The van der Waals surface area contributed by atoms with Crippen molar-refractivity contribution in [2.75, 3.05) is 7.11 Å². The molecule has 0 N–H and O–H groups in total. The van der Waals surface area contributed by atoms with Crippen LogP contribution in [0.5, 0.6) is 0 Å². The van der Waals surface area contributed by atoms with Crippen molar-refractivity contribution >= 4 is 12.3 Å². The Morgan fingerprint density at radius 2 is 2.00 bits per heavy atom. The molecule has 2 saturated carbocycles. The third-order valence-electron chi connectivity index (χ3n) is 7.27. The maximum atomic E-state index is 12.5. The Bertz CT molecular complexity index is 551. The molecule has 0 amide bonds. The predicted octanol–water partition coefficient (Wildman–Crippen LogP) is 4.31. The van der Waals surface area contributed by atoms with E-state index in [4.69, 9.17) is 4.74 Å². The van der Waals surface area contributed by atoms with E-state index in [1.165, 1.54) is 12.7 Å². The van der Waals surface area contributed by atoms with Crippen molar-refractivity contribution < 1.29 is 14.3 Å². The Balaban J connectivity index is 1.98. The summed E-state index contributed by atoms with van der Waals surface area (Å²) in [6.45, 7) is 6.56. The number of methoxy groups -OCH3 is 1. The number of carbonyl (C=O) groups excluding carboxylic acids is 2. The summed E-state index contributed by atoms with van der Waals surface area (Å²) in [7, 11) is 1.51. The van der Waals surface area contributed by atoms with Crippen molar-refractivity contribution in [3.63, 3.8) is 0 Å². The Kier molecular flexibility index (Phi) is 3.97. The number of rotatable bonds is 2. The van der Waals surface area contributed by atoms with Crippen LogP contribution < -0.4 is 0 Å². The van der Waals surface area contributed by atoms with Crippen LogP contribution >= 0.6 is 0 Å². The first-order chi connectivity index (χ1) is 10.8. The standard InChI is InChI=1S/C20H30O3/c1-18(13-21)11-8-15-14(12-18)6-7-16-19(15,2)9-5-10-20(16,3)17(22)23-4/h8,13-14,16H,5-7,9-12H2,1-4H3/t14?,16-,18-,19-,20+/m0/s1. The Morgan fingerprint density at radius 1 is 1.26 bits per heavy atom. The average Bonchev–Trinajstić information content (AvgIpc) is 2.53. The highest BCUT2D eigenvalue weighted by atomic mass is 16.5. The molecule has 2 fully saturated rings. The topological polar surface area (TPSA) is 43.4 Å². The molecule has 1 unspecified atom stereocenters. The minimum atomic E-state index is -0.362. The van der Waals surface area contributed by atoms with Crippen LogP contribution in [0.3, 0.4) is 0 Å². The molecule has 0 aromatic carbocycles. The highest BCUT2D eigenvalue weighted by molar-refractivity contribution is 5.77. The predicted molar refractivity (Wildman–Crippen MR) is 89.8 cm³/mol. The molecule has 0 aromatic rings. The average molecular weight is 318 g/mol.